The summed E-state index contributed by atoms with van der Waals surface area (Å²) in [5.41, 5.74) is 2.24. The highest BCUT2D eigenvalue weighted by atomic mass is 19.3. The van der Waals surface area contributed by atoms with Gasteiger partial charge in [-0.1, -0.05) is 0 Å². The van der Waals surface area contributed by atoms with E-state index >= 15 is 0 Å². The van der Waals surface area contributed by atoms with E-state index in [2.05, 4.69) is 30.4 Å². The number of H-pyrrole nitrogens is 1. The van der Waals surface area contributed by atoms with Crippen LogP contribution < -0.4 is 15.1 Å². The number of hydrogen-bond donors (Lipinski definition) is 2. The lowest BCUT2D eigenvalue weighted by Crippen LogP contribution is -2.48. The molecule has 11 heteroatoms. The van der Waals surface area contributed by atoms with Crippen molar-refractivity contribution in [1.82, 2.24) is 20.2 Å². The molecule has 0 aromatic carbocycles. The zero-order valence-corrected chi connectivity index (χ0v) is 17.8. The first-order chi connectivity index (χ1) is 15.8. The van der Waals surface area contributed by atoms with Gasteiger partial charge in [-0.25, -0.2) is 23.5 Å². The number of nitrogens with one attached hydrogen (secondary N) is 2. The summed E-state index contributed by atoms with van der Waals surface area (Å²) in [4.78, 5) is 38.5. The number of nitrogens with zero attached hydrogens (tertiary/aromatic N) is 5. The van der Waals surface area contributed by atoms with Crippen molar-refractivity contribution in [2.24, 2.45) is 5.92 Å². The second-order valence-electron chi connectivity index (χ2n) is 8.94. The number of urea groups is 1. The number of anilines is 3. The fourth-order valence-corrected chi connectivity index (χ4v) is 4.71. The van der Waals surface area contributed by atoms with Crippen LogP contribution >= 0.6 is 0 Å². The molecule has 1 saturated carbocycles. The van der Waals surface area contributed by atoms with E-state index < -0.39 is 23.7 Å². The third-order valence-corrected chi connectivity index (χ3v) is 6.63. The Hall–Kier alpha value is -3.63. The molecule has 2 N–H and O–H groups in total. The molecule has 2 amide bonds. The molecule has 1 saturated heterocycles. The van der Waals surface area contributed by atoms with Gasteiger partial charge in [0.15, 0.2) is 23.1 Å². The molecular formula is C22H21F2N7O2. The predicted molar refractivity (Wildman–Crippen MR) is 117 cm³/mol. The van der Waals surface area contributed by atoms with E-state index in [-0.39, 0.29) is 24.6 Å². The molecule has 0 spiro atoms. The van der Waals surface area contributed by atoms with Crippen molar-refractivity contribution in [1.29, 1.82) is 0 Å². The maximum atomic E-state index is 13.4. The summed E-state index contributed by atoms with van der Waals surface area (Å²) in [5.74, 6) is -3.41. The number of carbonyl (C=O) groups excluding carboxylic acids is 2. The molecule has 2 atom stereocenters. The van der Waals surface area contributed by atoms with E-state index in [1.807, 2.05) is 19.1 Å². The number of pyridine rings is 2. The monoisotopic (exact) mass is 453 g/mol. The molecule has 170 valence electrons. The molecular weight excluding hydrogens is 432 g/mol. The number of hydrogen-bond acceptors (Lipinski definition) is 6. The minimum absolute atomic E-state index is 0.0987. The van der Waals surface area contributed by atoms with Crippen molar-refractivity contribution in [2.75, 3.05) is 28.2 Å². The molecule has 3 aromatic heterocycles. The van der Waals surface area contributed by atoms with Gasteiger partial charge in [-0.2, -0.15) is 5.10 Å². The number of aryl methyl sites for hydroxylation is 1. The third-order valence-electron chi connectivity index (χ3n) is 6.63. The lowest BCUT2D eigenvalue weighted by molar-refractivity contribution is 0.0830. The van der Waals surface area contributed by atoms with E-state index in [0.717, 1.165) is 24.3 Å². The molecule has 1 unspecified atom stereocenters. The summed E-state index contributed by atoms with van der Waals surface area (Å²) in [6, 6.07) is 6.45. The van der Waals surface area contributed by atoms with Gasteiger partial charge < -0.3 is 4.90 Å². The number of carbonyl (C=O) groups is 2. The zero-order chi connectivity index (χ0) is 22.9. The first-order valence-corrected chi connectivity index (χ1v) is 10.9. The second-order valence-corrected chi connectivity index (χ2v) is 8.94. The Morgan fingerprint density at radius 1 is 1.24 bits per heavy atom. The Kier molecular flexibility index (Phi) is 4.20. The number of amides is 2. The second kappa shape index (κ2) is 6.93. The maximum absolute atomic E-state index is 13.4. The number of alkyl halides is 2. The number of rotatable bonds is 4. The highest BCUT2D eigenvalue weighted by molar-refractivity contribution is 6.08. The van der Waals surface area contributed by atoms with Crippen LogP contribution in [-0.2, 0) is 0 Å². The minimum Gasteiger partial charge on any atom is -0.366 e. The van der Waals surface area contributed by atoms with Gasteiger partial charge in [0.1, 0.15) is 5.69 Å². The fraction of sp³-hybridized carbons (Fsp3) is 0.409. The van der Waals surface area contributed by atoms with Gasteiger partial charge in [0.2, 0.25) is 0 Å². The molecule has 2 fully saturated rings. The average molecular weight is 453 g/mol. The number of ketones is 1. The number of aromatic amines is 1. The molecule has 33 heavy (non-hydrogen) atoms. The summed E-state index contributed by atoms with van der Waals surface area (Å²) in [6.07, 6.45) is 0.243. The van der Waals surface area contributed by atoms with Crippen molar-refractivity contribution in [3.8, 4) is 0 Å². The standard InChI is InChI=1S/C22H21F2N7O2/c1-11-2-3-14-18(25-11)28-29-19(14)27-21(33)31-13-6-7-30(10-13)16-5-4-15(26-20(16)31)17(32)8-12-9-22(12,23)24/h2-5,12-13H,6-10H2,1H3,(H2,25,27,28,29,33)/t12?,13-/m0/s1. The van der Waals surface area contributed by atoms with Gasteiger partial charge in [-0.05, 0) is 37.6 Å². The molecule has 2 bridgehead atoms. The largest absolute Gasteiger partial charge is 0.366 e. The molecule has 3 aromatic rings. The van der Waals surface area contributed by atoms with E-state index in [1.54, 1.807) is 17.0 Å². The molecule has 3 aliphatic rings. The van der Waals surface area contributed by atoms with Crippen molar-refractivity contribution in [3.63, 3.8) is 0 Å². The molecule has 1 aliphatic carbocycles. The summed E-state index contributed by atoms with van der Waals surface area (Å²) < 4.78 is 26.6. The number of halogens is 2. The van der Waals surface area contributed by atoms with E-state index in [1.165, 1.54) is 0 Å². The topological polar surface area (TPSA) is 107 Å². The first-order valence-electron chi connectivity index (χ1n) is 10.9. The van der Waals surface area contributed by atoms with Gasteiger partial charge in [0.25, 0.3) is 5.92 Å². The summed E-state index contributed by atoms with van der Waals surface area (Å²) >= 11 is 0. The Labute approximate surface area is 187 Å². The van der Waals surface area contributed by atoms with Crippen molar-refractivity contribution >= 4 is 40.2 Å². The number of Topliss-reactive ketones (excluding diaryl/α,β-unsaturated/α-hetero) is 1. The average Bonchev–Trinajstić information content (AvgIpc) is 3.09. The summed E-state index contributed by atoms with van der Waals surface area (Å²) in [5, 5.41) is 10.5. The van der Waals surface area contributed by atoms with E-state index in [9.17, 15) is 18.4 Å². The first kappa shape index (κ1) is 20.0. The Balaban J connectivity index is 1.31. The summed E-state index contributed by atoms with van der Waals surface area (Å²) in [6.45, 7) is 3.29. The molecule has 0 radical (unpaired) electrons. The van der Waals surface area contributed by atoms with E-state index in [0.29, 0.717) is 29.2 Å². The highest BCUT2D eigenvalue weighted by Crippen LogP contribution is 2.51. The lowest BCUT2D eigenvalue weighted by Gasteiger charge is -2.35. The lowest BCUT2D eigenvalue weighted by atomic mass is 10.1. The number of aromatic nitrogens is 4. The molecule has 6 rings (SSSR count). The van der Waals surface area contributed by atoms with E-state index in [4.69, 9.17) is 0 Å². The van der Waals surface area contributed by atoms with Crippen LogP contribution in [0.1, 0.15) is 35.4 Å². The Morgan fingerprint density at radius 3 is 2.85 bits per heavy atom. The Bertz CT molecular complexity index is 1310. The minimum atomic E-state index is -2.76. The SMILES string of the molecule is Cc1ccc2c(NC(=O)N3c4nc(C(=O)CC5CC5(F)F)ccc4N4CC[C@H]3C4)n[nH]c2n1. The molecule has 2 aliphatic heterocycles. The third kappa shape index (κ3) is 3.30. The van der Waals surface area contributed by atoms with Crippen LogP contribution in [0.5, 0.6) is 0 Å². The predicted octanol–water partition coefficient (Wildman–Crippen LogP) is 3.52. The van der Waals surface area contributed by atoms with Crippen molar-refractivity contribution in [2.45, 2.75) is 38.2 Å². The normalized spacial score (nSPS) is 22.4. The smallest absolute Gasteiger partial charge is 0.329 e. The van der Waals surface area contributed by atoms with Crippen molar-refractivity contribution in [3.05, 3.63) is 35.7 Å². The fourth-order valence-electron chi connectivity index (χ4n) is 4.71. The molecule has 9 nitrogen and oxygen atoms in total. The number of fused-ring (bicyclic) bond motifs is 5. The van der Waals surface area contributed by atoms with Crippen LogP contribution in [0.15, 0.2) is 24.3 Å². The van der Waals surface area contributed by atoms with Crippen LogP contribution in [0, 0.1) is 12.8 Å². The van der Waals surface area contributed by atoms with Gasteiger partial charge in [0, 0.05) is 37.5 Å². The van der Waals surface area contributed by atoms with Gasteiger partial charge in [-0.3, -0.25) is 20.1 Å². The highest BCUT2D eigenvalue weighted by Gasteiger charge is 2.57. The van der Waals surface area contributed by atoms with Crippen LogP contribution in [0.3, 0.4) is 0 Å². The summed E-state index contributed by atoms with van der Waals surface area (Å²) in [7, 11) is 0. The van der Waals surface area contributed by atoms with Crippen LogP contribution in [0.2, 0.25) is 0 Å². The van der Waals surface area contributed by atoms with Gasteiger partial charge >= 0.3 is 6.03 Å². The van der Waals surface area contributed by atoms with Gasteiger partial charge in [-0.15, -0.1) is 0 Å². The quantitative estimate of drug-likeness (QED) is 0.586. The van der Waals surface area contributed by atoms with Crippen LogP contribution in [0.25, 0.3) is 11.0 Å². The van der Waals surface area contributed by atoms with Crippen LogP contribution in [0.4, 0.5) is 30.9 Å². The Morgan fingerprint density at radius 2 is 2.06 bits per heavy atom. The van der Waals surface area contributed by atoms with Crippen molar-refractivity contribution < 1.29 is 18.4 Å². The van der Waals surface area contributed by atoms with Gasteiger partial charge in [0.05, 0.1) is 17.1 Å². The maximum Gasteiger partial charge on any atom is 0.329 e. The molecule has 5 heterocycles. The van der Waals surface area contributed by atoms with Crippen LogP contribution in [-0.4, -0.2) is 57.0 Å². The zero-order valence-electron chi connectivity index (χ0n) is 17.8.